The van der Waals surface area contributed by atoms with Crippen molar-refractivity contribution in [1.82, 2.24) is 25.4 Å². The summed E-state index contributed by atoms with van der Waals surface area (Å²) in [5, 5.41) is 14.4. The number of aromatic nitrogens is 3. The molecule has 168 valence electrons. The Bertz CT molecular complexity index is 883. The zero-order chi connectivity index (χ0) is 22.2. The van der Waals surface area contributed by atoms with E-state index < -0.39 is 17.6 Å². The average Bonchev–Trinajstić information content (AvgIpc) is 3.46. The summed E-state index contributed by atoms with van der Waals surface area (Å²) in [4.78, 5) is 35.1. The van der Waals surface area contributed by atoms with Crippen LogP contribution in [0.3, 0.4) is 0 Å². The highest BCUT2D eigenvalue weighted by Gasteiger charge is 2.27. The van der Waals surface area contributed by atoms with Crippen LogP contribution in [0.15, 0.2) is 10.9 Å². The third-order valence-corrected chi connectivity index (χ3v) is 5.85. The van der Waals surface area contributed by atoms with Crippen LogP contribution in [0.4, 0.5) is 16.0 Å². The second-order valence-electron chi connectivity index (χ2n) is 7.26. The third kappa shape index (κ3) is 6.71. The summed E-state index contributed by atoms with van der Waals surface area (Å²) in [6.45, 7) is 0.0715. The molecule has 1 aliphatic carbocycles. The maximum atomic E-state index is 14.8. The molecule has 1 atom stereocenters. The Morgan fingerprint density at radius 1 is 1.39 bits per heavy atom. The summed E-state index contributed by atoms with van der Waals surface area (Å²) in [6, 6.07) is 0. The fourth-order valence-corrected chi connectivity index (χ4v) is 4.25. The first-order valence-electron chi connectivity index (χ1n) is 9.77. The molecule has 0 spiro atoms. The van der Waals surface area contributed by atoms with Crippen molar-refractivity contribution in [1.29, 1.82) is 0 Å². The molecule has 0 bridgehead atoms. The molecule has 3 rings (SSSR count). The van der Waals surface area contributed by atoms with Crippen molar-refractivity contribution >= 4 is 46.9 Å². The molecule has 2 aromatic rings. The quantitative estimate of drug-likeness (QED) is 0.170. The highest BCUT2D eigenvalue weighted by atomic mass is 35.5. The Morgan fingerprint density at radius 2 is 2.13 bits per heavy atom. The first-order valence-corrected chi connectivity index (χ1v) is 11.1. The van der Waals surface area contributed by atoms with E-state index in [4.69, 9.17) is 11.6 Å². The van der Waals surface area contributed by atoms with E-state index in [9.17, 15) is 19.2 Å². The van der Waals surface area contributed by atoms with Gasteiger partial charge in [-0.2, -0.15) is 14.4 Å². The Labute approximate surface area is 187 Å². The Hall–Kier alpha value is -2.57. The smallest absolute Gasteiger partial charge is 0.243 e. The van der Waals surface area contributed by atoms with E-state index in [0.717, 1.165) is 25.7 Å². The Kier molecular flexibility index (Phi) is 8.32. The molecule has 2 aromatic heterocycles. The van der Waals surface area contributed by atoms with Crippen molar-refractivity contribution in [3.63, 3.8) is 0 Å². The number of amides is 2. The van der Waals surface area contributed by atoms with Gasteiger partial charge in [0.2, 0.25) is 23.4 Å². The summed E-state index contributed by atoms with van der Waals surface area (Å²) in [6.07, 6.45) is 4.92. The van der Waals surface area contributed by atoms with Gasteiger partial charge in [-0.3, -0.25) is 25.6 Å². The predicted molar refractivity (Wildman–Crippen MR) is 113 cm³/mol. The van der Waals surface area contributed by atoms with Crippen LogP contribution < -0.4 is 16.2 Å². The van der Waals surface area contributed by atoms with Gasteiger partial charge in [0.15, 0.2) is 11.6 Å². The van der Waals surface area contributed by atoms with Gasteiger partial charge in [-0.25, -0.2) is 10.0 Å². The lowest BCUT2D eigenvalue weighted by Gasteiger charge is -2.22. The van der Waals surface area contributed by atoms with Crippen LogP contribution in [-0.2, 0) is 16.1 Å². The number of nitrogens with one attached hydrogen (secondary N) is 3. The van der Waals surface area contributed by atoms with Gasteiger partial charge in [0.25, 0.3) is 0 Å². The van der Waals surface area contributed by atoms with Crippen molar-refractivity contribution in [2.45, 2.75) is 38.6 Å². The third-order valence-electron chi connectivity index (χ3n) is 5.04. The highest BCUT2D eigenvalue weighted by Crippen LogP contribution is 2.30. The van der Waals surface area contributed by atoms with E-state index in [1.807, 2.05) is 0 Å². The zero-order valence-corrected chi connectivity index (χ0v) is 18.1. The molecule has 31 heavy (non-hydrogen) atoms. The maximum Gasteiger partial charge on any atom is 0.243 e. The molecular formula is C18H23ClFN7O3S. The SMILES string of the molecule is O=CN(O)C[C@H](CC1CCCC1)C(=O)NNc1nc(Cl)nc(NCc2cscn2)c1F. The summed E-state index contributed by atoms with van der Waals surface area (Å²) < 4.78 is 14.8. The van der Waals surface area contributed by atoms with Crippen LogP contribution in [0.5, 0.6) is 0 Å². The van der Waals surface area contributed by atoms with Crippen molar-refractivity contribution in [3.8, 4) is 0 Å². The molecule has 2 heterocycles. The molecule has 0 saturated heterocycles. The summed E-state index contributed by atoms with van der Waals surface area (Å²) in [7, 11) is 0. The number of hydrazine groups is 1. The number of nitrogens with zero attached hydrogens (tertiary/aromatic N) is 4. The zero-order valence-electron chi connectivity index (χ0n) is 16.6. The fraction of sp³-hybridized carbons (Fsp3) is 0.500. The van der Waals surface area contributed by atoms with Crippen LogP contribution in [-0.4, -0.2) is 44.1 Å². The number of hydrogen-bond acceptors (Lipinski definition) is 9. The van der Waals surface area contributed by atoms with E-state index in [-0.39, 0.29) is 36.4 Å². The van der Waals surface area contributed by atoms with E-state index in [0.29, 0.717) is 23.1 Å². The standard InChI is InChI=1S/C18H23ClFN7O3S/c19-18-23-15(21-6-13-8-31-9-22-13)14(20)16(24-18)25-26-17(29)12(7-27(30)10-28)5-11-3-1-2-4-11/h8-12,30H,1-7H2,(H,26,29)(H2,21,23,24,25)/t12-/m0/s1. The van der Waals surface area contributed by atoms with E-state index in [1.54, 1.807) is 10.9 Å². The first kappa shape index (κ1) is 23.1. The minimum atomic E-state index is -0.830. The first-order chi connectivity index (χ1) is 15.0. The van der Waals surface area contributed by atoms with Crippen LogP contribution in [0.25, 0.3) is 0 Å². The van der Waals surface area contributed by atoms with Crippen LogP contribution in [0, 0.1) is 17.7 Å². The van der Waals surface area contributed by atoms with Gasteiger partial charge < -0.3 is 5.32 Å². The lowest BCUT2D eigenvalue weighted by Crippen LogP contribution is -2.41. The number of thiazole rings is 1. The highest BCUT2D eigenvalue weighted by molar-refractivity contribution is 7.07. The molecule has 1 fully saturated rings. The monoisotopic (exact) mass is 471 g/mol. The second-order valence-corrected chi connectivity index (χ2v) is 8.32. The Morgan fingerprint density at radius 3 is 2.81 bits per heavy atom. The van der Waals surface area contributed by atoms with Gasteiger partial charge in [-0.15, -0.1) is 11.3 Å². The van der Waals surface area contributed by atoms with E-state index >= 15 is 0 Å². The van der Waals surface area contributed by atoms with Crippen LogP contribution in [0.1, 0.15) is 37.8 Å². The van der Waals surface area contributed by atoms with Gasteiger partial charge in [0, 0.05) is 5.38 Å². The molecule has 10 nitrogen and oxygen atoms in total. The number of carbonyl (C=O) groups is 2. The van der Waals surface area contributed by atoms with Crippen molar-refractivity contribution in [2.24, 2.45) is 11.8 Å². The predicted octanol–water partition coefficient (Wildman–Crippen LogP) is 2.82. The Balaban J connectivity index is 1.64. The number of anilines is 2. The van der Waals surface area contributed by atoms with Gasteiger partial charge in [0.05, 0.1) is 30.2 Å². The normalized spacial score (nSPS) is 14.8. The molecule has 0 aromatic carbocycles. The second kappa shape index (κ2) is 11.2. The maximum absolute atomic E-state index is 14.8. The lowest BCUT2D eigenvalue weighted by molar-refractivity contribution is -0.154. The number of carbonyl (C=O) groups excluding carboxylic acids is 2. The fourth-order valence-electron chi connectivity index (χ4n) is 3.52. The molecule has 1 saturated carbocycles. The number of rotatable bonds is 11. The largest absolute Gasteiger partial charge is 0.362 e. The molecule has 2 amide bonds. The number of hydroxylamine groups is 2. The molecule has 1 aliphatic rings. The lowest BCUT2D eigenvalue weighted by atomic mass is 9.92. The molecule has 0 radical (unpaired) electrons. The van der Waals surface area contributed by atoms with Crippen LogP contribution >= 0.6 is 22.9 Å². The minimum absolute atomic E-state index is 0.144. The van der Waals surface area contributed by atoms with Gasteiger partial charge in [0.1, 0.15) is 0 Å². The molecule has 0 aliphatic heterocycles. The van der Waals surface area contributed by atoms with Crippen molar-refractivity contribution < 1.29 is 19.2 Å². The average molecular weight is 472 g/mol. The van der Waals surface area contributed by atoms with Crippen molar-refractivity contribution in [2.75, 3.05) is 17.3 Å². The molecule has 13 heteroatoms. The van der Waals surface area contributed by atoms with Gasteiger partial charge >= 0.3 is 0 Å². The summed E-state index contributed by atoms with van der Waals surface area (Å²) in [5.41, 5.74) is 7.19. The molecular weight excluding hydrogens is 449 g/mol. The van der Waals surface area contributed by atoms with Crippen molar-refractivity contribution in [3.05, 3.63) is 27.7 Å². The summed E-state index contributed by atoms with van der Waals surface area (Å²) >= 11 is 7.30. The van der Waals surface area contributed by atoms with Gasteiger partial charge in [-0.05, 0) is 23.9 Å². The van der Waals surface area contributed by atoms with E-state index in [2.05, 4.69) is 31.1 Å². The minimum Gasteiger partial charge on any atom is -0.362 e. The number of halogens is 2. The molecule has 0 unspecified atom stereocenters. The van der Waals surface area contributed by atoms with Gasteiger partial charge in [-0.1, -0.05) is 25.7 Å². The van der Waals surface area contributed by atoms with E-state index in [1.165, 1.54) is 11.3 Å². The topological polar surface area (TPSA) is 132 Å². The van der Waals surface area contributed by atoms with Crippen LogP contribution in [0.2, 0.25) is 5.28 Å². The molecule has 4 N–H and O–H groups in total. The number of hydrogen-bond donors (Lipinski definition) is 4. The summed E-state index contributed by atoms with van der Waals surface area (Å²) in [5.74, 6) is -2.13.